The van der Waals surface area contributed by atoms with Crippen LogP contribution < -0.4 is 5.32 Å². The summed E-state index contributed by atoms with van der Waals surface area (Å²) in [6, 6.07) is 13.6. The van der Waals surface area contributed by atoms with Gasteiger partial charge in [-0.1, -0.05) is 24.3 Å². The number of rotatable bonds is 1. The van der Waals surface area contributed by atoms with Gasteiger partial charge in [-0.05, 0) is 18.2 Å². The Bertz CT molecular complexity index is 655. The Morgan fingerprint density at radius 2 is 2.00 bits per heavy atom. The second kappa shape index (κ2) is 3.65. The molecule has 4 rings (SSSR count). The third-order valence-electron chi connectivity index (χ3n) is 3.95. The number of fused-ring (bicyclic) bond motifs is 3. The lowest BCUT2D eigenvalue weighted by Gasteiger charge is -2.32. The molecule has 0 radical (unpaired) electrons. The maximum atomic E-state index is 12.5. The van der Waals surface area contributed by atoms with E-state index in [9.17, 15) is 4.79 Å². The molecule has 2 aliphatic rings. The summed E-state index contributed by atoms with van der Waals surface area (Å²) in [5, 5.41) is 3.48. The summed E-state index contributed by atoms with van der Waals surface area (Å²) in [6.07, 6.45) is 1.77. The Labute approximate surface area is 111 Å². The lowest BCUT2D eigenvalue weighted by molar-refractivity contribution is 0.0689. The molecule has 1 amide bonds. The number of benzene rings is 1. The predicted octanol–water partition coefficient (Wildman–Crippen LogP) is 1.34. The molecule has 2 aliphatic heterocycles. The molecule has 2 aromatic rings. The molecule has 1 atom stereocenters. The number of aromatic nitrogens is 1. The van der Waals surface area contributed by atoms with E-state index in [1.807, 2.05) is 47.4 Å². The zero-order chi connectivity index (χ0) is 12.9. The fraction of sp³-hybridized carbons (Fsp3) is 0.200. The van der Waals surface area contributed by atoms with Gasteiger partial charge in [-0.15, -0.1) is 0 Å². The summed E-state index contributed by atoms with van der Waals surface area (Å²) >= 11 is 0. The van der Waals surface area contributed by atoms with Gasteiger partial charge < -0.3 is 4.90 Å². The molecular weight excluding hydrogens is 238 g/mol. The number of pyridine rings is 1. The molecule has 1 unspecified atom stereocenters. The highest BCUT2D eigenvalue weighted by Crippen LogP contribution is 2.43. The monoisotopic (exact) mass is 251 g/mol. The molecule has 4 nitrogen and oxygen atoms in total. The van der Waals surface area contributed by atoms with E-state index in [2.05, 4.69) is 10.3 Å². The largest absolute Gasteiger partial charge is 0.310 e. The molecular formula is C15H13N3O. The van der Waals surface area contributed by atoms with Gasteiger partial charge in [0.25, 0.3) is 5.91 Å². The van der Waals surface area contributed by atoms with Crippen LogP contribution in [0.2, 0.25) is 0 Å². The first-order valence-corrected chi connectivity index (χ1v) is 6.42. The fourth-order valence-corrected chi connectivity index (χ4v) is 3.18. The van der Waals surface area contributed by atoms with Crippen LogP contribution in [0, 0.1) is 0 Å². The first-order valence-electron chi connectivity index (χ1n) is 6.42. The Balaban J connectivity index is 2.02. The SMILES string of the molecule is O=C1c2ccccc2C2(c3ccccn3)NCCN12. The Hall–Kier alpha value is -2.20. The van der Waals surface area contributed by atoms with E-state index in [1.54, 1.807) is 6.20 Å². The first kappa shape index (κ1) is 10.7. The standard InChI is InChI=1S/C15H13N3O/c19-14-11-5-1-2-6-12(11)15(17-9-10-18(14)15)13-7-3-4-8-16-13/h1-8,17H,9-10H2. The van der Waals surface area contributed by atoms with Crippen molar-refractivity contribution in [1.82, 2.24) is 15.2 Å². The molecule has 3 heterocycles. The summed E-state index contributed by atoms with van der Waals surface area (Å²) in [6.45, 7) is 1.50. The van der Waals surface area contributed by atoms with Gasteiger partial charge in [-0.2, -0.15) is 0 Å². The van der Waals surface area contributed by atoms with Crippen LogP contribution >= 0.6 is 0 Å². The fourth-order valence-electron chi connectivity index (χ4n) is 3.18. The lowest BCUT2D eigenvalue weighted by atomic mass is 9.95. The molecule has 0 aliphatic carbocycles. The van der Waals surface area contributed by atoms with Gasteiger partial charge >= 0.3 is 0 Å². The van der Waals surface area contributed by atoms with Gasteiger partial charge in [0, 0.05) is 30.4 Å². The Morgan fingerprint density at radius 1 is 1.16 bits per heavy atom. The number of hydrogen-bond donors (Lipinski definition) is 1. The normalized spacial score (nSPS) is 24.4. The molecule has 0 bridgehead atoms. The van der Waals surface area contributed by atoms with Crippen molar-refractivity contribution in [3.05, 3.63) is 65.5 Å². The van der Waals surface area contributed by atoms with E-state index < -0.39 is 5.66 Å². The number of nitrogens with zero attached hydrogens (tertiary/aromatic N) is 2. The zero-order valence-electron chi connectivity index (χ0n) is 10.3. The maximum Gasteiger partial charge on any atom is 0.256 e. The third kappa shape index (κ3) is 1.21. The number of nitrogens with one attached hydrogen (secondary N) is 1. The van der Waals surface area contributed by atoms with Gasteiger partial charge in [0.05, 0.1) is 5.69 Å². The third-order valence-corrected chi connectivity index (χ3v) is 3.95. The van der Waals surface area contributed by atoms with Crippen LogP contribution in [0.15, 0.2) is 48.7 Å². The molecule has 1 aromatic carbocycles. The molecule has 19 heavy (non-hydrogen) atoms. The van der Waals surface area contributed by atoms with E-state index in [0.29, 0.717) is 6.54 Å². The number of amides is 1. The van der Waals surface area contributed by atoms with Crippen LogP contribution in [0.1, 0.15) is 21.6 Å². The summed E-state index contributed by atoms with van der Waals surface area (Å²) < 4.78 is 0. The van der Waals surface area contributed by atoms with Crippen molar-refractivity contribution in [1.29, 1.82) is 0 Å². The van der Waals surface area contributed by atoms with E-state index in [1.165, 1.54) is 0 Å². The van der Waals surface area contributed by atoms with E-state index in [0.717, 1.165) is 23.4 Å². The minimum absolute atomic E-state index is 0.0891. The van der Waals surface area contributed by atoms with Crippen LogP contribution in [-0.2, 0) is 5.66 Å². The summed E-state index contributed by atoms with van der Waals surface area (Å²) in [4.78, 5) is 18.9. The molecule has 0 spiro atoms. The van der Waals surface area contributed by atoms with Crippen molar-refractivity contribution in [2.24, 2.45) is 0 Å². The quantitative estimate of drug-likeness (QED) is 0.832. The second-order valence-electron chi connectivity index (χ2n) is 4.85. The van der Waals surface area contributed by atoms with Gasteiger partial charge in [0.2, 0.25) is 0 Å². The predicted molar refractivity (Wildman–Crippen MR) is 70.5 cm³/mol. The Kier molecular flexibility index (Phi) is 2.05. The Morgan fingerprint density at radius 3 is 2.84 bits per heavy atom. The molecule has 1 aromatic heterocycles. The van der Waals surface area contributed by atoms with Crippen LogP contribution in [0.4, 0.5) is 0 Å². The molecule has 94 valence electrons. The average Bonchev–Trinajstić information content (AvgIpc) is 3.01. The highest BCUT2D eigenvalue weighted by Gasteiger charge is 2.54. The summed E-state index contributed by atoms with van der Waals surface area (Å²) in [7, 11) is 0. The summed E-state index contributed by atoms with van der Waals surface area (Å²) in [5.74, 6) is 0.0891. The average molecular weight is 251 g/mol. The second-order valence-corrected chi connectivity index (χ2v) is 4.85. The van der Waals surface area contributed by atoms with Crippen molar-refractivity contribution in [2.45, 2.75) is 5.66 Å². The topological polar surface area (TPSA) is 45.2 Å². The van der Waals surface area contributed by atoms with Gasteiger partial charge in [0.1, 0.15) is 0 Å². The number of hydrogen-bond acceptors (Lipinski definition) is 3. The van der Waals surface area contributed by atoms with Crippen molar-refractivity contribution in [3.8, 4) is 0 Å². The van der Waals surface area contributed by atoms with E-state index >= 15 is 0 Å². The highest BCUT2D eigenvalue weighted by molar-refractivity contribution is 6.00. The van der Waals surface area contributed by atoms with Crippen LogP contribution in [0.3, 0.4) is 0 Å². The minimum Gasteiger partial charge on any atom is -0.310 e. The van der Waals surface area contributed by atoms with Crippen molar-refractivity contribution in [3.63, 3.8) is 0 Å². The summed E-state index contributed by atoms with van der Waals surface area (Å²) in [5.41, 5.74) is 2.09. The van der Waals surface area contributed by atoms with E-state index in [4.69, 9.17) is 0 Å². The van der Waals surface area contributed by atoms with Crippen molar-refractivity contribution >= 4 is 5.91 Å². The minimum atomic E-state index is -0.574. The first-order chi connectivity index (χ1) is 9.34. The smallest absolute Gasteiger partial charge is 0.256 e. The van der Waals surface area contributed by atoms with Crippen LogP contribution in [0.5, 0.6) is 0 Å². The molecule has 1 saturated heterocycles. The lowest BCUT2D eigenvalue weighted by Crippen LogP contribution is -2.47. The number of carbonyl (C=O) groups excluding carboxylic acids is 1. The molecule has 1 fully saturated rings. The van der Waals surface area contributed by atoms with Gasteiger partial charge in [0.15, 0.2) is 5.66 Å². The van der Waals surface area contributed by atoms with Crippen LogP contribution in [-0.4, -0.2) is 28.9 Å². The zero-order valence-corrected chi connectivity index (χ0v) is 10.3. The van der Waals surface area contributed by atoms with Gasteiger partial charge in [-0.3, -0.25) is 15.1 Å². The van der Waals surface area contributed by atoms with E-state index in [-0.39, 0.29) is 5.91 Å². The maximum absolute atomic E-state index is 12.5. The van der Waals surface area contributed by atoms with Crippen LogP contribution in [0.25, 0.3) is 0 Å². The molecule has 1 N–H and O–H groups in total. The number of carbonyl (C=O) groups is 1. The van der Waals surface area contributed by atoms with Crippen molar-refractivity contribution in [2.75, 3.05) is 13.1 Å². The molecule has 0 saturated carbocycles. The highest BCUT2D eigenvalue weighted by atomic mass is 16.2. The van der Waals surface area contributed by atoms with Gasteiger partial charge in [-0.25, -0.2) is 0 Å². The molecule has 4 heteroatoms. The van der Waals surface area contributed by atoms with Crippen molar-refractivity contribution < 1.29 is 4.79 Å².